The van der Waals surface area contributed by atoms with Crippen molar-refractivity contribution in [1.82, 2.24) is 16.0 Å². The lowest BCUT2D eigenvalue weighted by molar-refractivity contribution is -0.126. The molecule has 1 heterocycles. The number of hydrogen-bond donors (Lipinski definition) is 3. The maximum atomic E-state index is 11.6. The Kier molecular flexibility index (Phi) is 7.48. The highest BCUT2D eigenvalue weighted by Gasteiger charge is 2.14. The van der Waals surface area contributed by atoms with Gasteiger partial charge in [-0.15, -0.1) is 0 Å². The first kappa shape index (κ1) is 16.0. The molecule has 0 unspecified atom stereocenters. The van der Waals surface area contributed by atoms with Crippen LogP contribution in [0.3, 0.4) is 0 Å². The Morgan fingerprint density at radius 3 is 2.47 bits per heavy atom. The van der Waals surface area contributed by atoms with Gasteiger partial charge in [-0.3, -0.25) is 9.59 Å². The molecule has 19 heavy (non-hydrogen) atoms. The first-order chi connectivity index (χ1) is 9.08. The van der Waals surface area contributed by atoms with Gasteiger partial charge in [-0.1, -0.05) is 13.8 Å². The van der Waals surface area contributed by atoms with Crippen LogP contribution in [0.2, 0.25) is 0 Å². The largest absolute Gasteiger partial charge is 0.354 e. The smallest absolute Gasteiger partial charge is 0.239 e. The molecule has 1 fully saturated rings. The van der Waals surface area contributed by atoms with Crippen LogP contribution in [-0.4, -0.2) is 38.0 Å². The summed E-state index contributed by atoms with van der Waals surface area (Å²) in [5.74, 6) is 0.962. The van der Waals surface area contributed by atoms with Gasteiger partial charge in [-0.2, -0.15) is 0 Å². The molecule has 0 radical (unpaired) electrons. The summed E-state index contributed by atoms with van der Waals surface area (Å²) in [7, 11) is 0. The molecule has 0 aromatic rings. The van der Waals surface area contributed by atoms with Crippen LogP contribution >= 0.6 is 0 Å². The predicted octanol–water partition coefficient (Wildman–Crippen LogP) is 0.655. The molecule has 0 aromatic carbocycles. The second-order valence-corrected chi connectivity index (χ2v) is 5.71. The number of carbonyl (C=O) groups excluding carboxylic acids is 2. The summed E-state index contributed by atoms with van der Waals surface area (Å²) in [6.45, 7) is 6.95. The number of amides is 2. The summed E-state index contributed by atoms with van der Waals surface area (Å²) in [6, 6.07) is 0. The lowest BCUT2D eigenvalue weighted by atomic mass is 9.93. The van der Waals surface area contributed by atoms with Gasteiger partial charge in [0.15, 0.2) is 0 Å². The van der Waals surface area contributed by atoms with Crippen molar-refractivity contribution in [2.75, 3.05) is 26.2 Å². The number of piperidine rings is 1. The number of rotatable bonds is 7. The topological polar surface area (TPSA) is 70.2 Å². The Morgan fingerprint density at radius 2 is 1.84 bits per heavy atom. The van der Waals surface area contributed by atoms with Gasteiger partial charge >= 0.3 is 0 Å². The maximum Gasteiger partial charge on any atom is 0.239 e. The highest BCUT2D eigenvalue weighted by atomic mass is 16.2. The normalized spacial score (nSPS) is 16.4. The lowest BCUT2D eigenvalue weighted by Gasteiger charge is -2.22. The van der Waals surface area contributed by atoms with Gasteiger partial charge < -0.3 is 16.0 Å². The van der Waals surface area contributed by atoms with Gasteiger partial charge in [0.25, 0.3) is 0 Å². The Labute approximate surface area is 115 Å². The zero-order chi connectivity index (χ0) is 14.1. The summed E-state index contributed by atoms with van der Waals surface area (Å²) in [5, 5.41) is 8.77. The van der Waals surface area contributed by atoms with E-state index < -0.39 is 0 Å². The molecule has 5 heteroatoms. The van der Waals surface area contributed by atoms with Crippen molar-refractivity contribution in [2.24, 2.45) is 11.8 Å². The second-order valence-electron chi connectivity index (χ2n) is 5.71. The van der Waals surface area contributed by atoms with Crippen LogP contribution in [0, 0.1) is 11.8 Å². The molecule has 0 bridgehead atoms. The molecule has 2 amide bonds. The van der Waals surface area contributed by atoms with Crippen LogP contribution in [0.25, 0.3) is 0 Å². The molecule has 0 aromatic heterocycles. The monoisotopic (exact) mass is 269 g/mol. The molecule has 0 atom stereocenters. The maximum absolute atomic E-state index is 11.6. The lowest BCUT2D eigenvalue weighted by Crippen LogP contribution is -2.38. The van der Waals surface area contributed by atoms with E-state index in [1.807, 2.05) is 13.8 Å². The molecule has 3 N–H and O–H groups in total. The third kappa shape index (κ3) is 7.82. The van der Waals surface area contributed by atoms with Crippen molar-refractivity contribution in [1.29, 1.82) is 0 Å². The first-order valence-corrected chi connectivity index (χ1v) is 7.32. The minimum Gasteiger partial charge on any atom is -0.354 e. The van der Waals surface area contributed by atoms with E-state index >= 15 is 0 Å². The highest BCUT2D eigenvalue weighted by Crippen LogP contribution is 2.17. The SMILES string of the molecule is CC(C)CNC(=O)CNC(=O)CCC1CCNCC1. The van der Waals surface area contributed by atoms with E-state index in [9.17, 15) is 9.59 Å². The standard InChI is InChI=1S/C14H27N3O2/c1-11(2)9-16-14(19)10-17-13(18)4-3-12-5-7-15-8-6-12/h11-12,15H,3-10H2,1-2H3,(H,16,19)(H,17,18). The van der Waals surface area contributed by atoms with E-state index in [2.05, 4.69) is 16.0 Å². The fraction of sp³-hybridized carbons (Fsp3) is 0.857. The average Bonchev–Trinajstić information content (AvgIpc) is 2.41. The van der Waals surface area contributed by atoms with Gasteiger partial charge in [0, 0.05) is 13.0 Å². The zero-order valence-electron chi connectivity index (χ0n) is 12.1. The van der Waals surface area contributed by atoms with Crippen molar-refractivity contribution in [3.05, 3.63) is 0 Å². The number of hydrogen-bond acceptors (Lipinski definition) is 3. The van der Waals surface area contributed by atoms with Crippen LogP contribution in [0.1, 0.15) is 39.5 Å². The molecule has 1 aliphatic heterocycles. The Hall–Kier alpha value is -1.10. The number of nitrogens with one attached hydrogen (secondary N) is 3. The van der Waals surface area contributed by atoms with Crippen molar-refractivity contribution >= 4 is 11.8 Å². The summed E-state index contributed by atoms with van der Waals surface area (Å²) in [5.41, 5.74) is 0. The Bertz CT molecular complexity index is 286. The quantitative estimate of drug-likeness (QED) is 0.636. The van der Waals surface area contributed by atoms with Gasteiger partial charge in [-0.25, -0.2) is 0 Å². The first-order valence-electron chi connectivity index (χ1n) is 7.32. The molecule has 1 saturated heterocycles. The second kappa shape index (κ2) is 8.91. The van der Waals surface area contributed by atoms with E-state index in [-0.39, 0.29) is 18.4 Å². The fourth-order valence-electron chi connectivity index (χ4n) is 2.15. The zero-order valence-corrected chi connectivity index (χ0v) is 12.1. The summed E-state index contributed by atoms with van der Waals surface area (Å²) in [4.78, 5) is 23.0. The van der Waals surface area contributed by atoms with Crippen LogP contribution in [-0.2, 0) is 9.59 Å². The van der Waals surface area contributed by atoms with Crippen molar-refractivity contribution < 1.29 is 9.59 Å². The molecular weight excluding hydrogens is 242 g/mol. The van der Waals surface area contributed by atoms with E-state index in [4.69, 9.17) is 0 Å². The molecule has 110 valence electrons. The van der Waals surface area contributed by atoms with E-state index in [1.54, 1.807) is 0 Å². The summed E-state index contributed by atoms with van der Waals surface area (Å²) in [6.07, 6.45) is 3.77. The van der Waals surface area contributed by atoms with Crippen LogP contribution in [0.4, 0.5) is 0 Å². The van der Waals surface area contributed by atoms with Gasteiger partial charge in [0.2, 0.25) is 11.8 Å². The molecule has 0 spiro atoms. The summed E-state index contributed by atoms with van der Waals surface area (Å²) >= 11 is 0. The minimum atomic E-state index is -0.107. The van der Waals surface area contributed by atoms with E-state index in [0.717, 1.165) is 32.4 Å². The van der Waals surface area contributed by atoms with Gasteiger partial charge in [0.1, 0.15) is 0 Å². The molecule has 5 nitrogen and oxygen atoms in total. The minimum absolute atomic E-state index is 0.0155. The third-order valence-electron chi connectivity index (χ3n) is 3.39. The van der Waals surface area contributed by atoms with Crippen LogP contribution in [0.5, 0.6) is 0 Å². The molecule has 1 aliphatic rings. The van der Waals surface area contributed by atoms with Crippen LogP contribution in [0.15, 0.2) is 0 Å². The van der Waals surface area contributed by atoms with Gasteiger partial charge in [0.05, 0.1) is 6.54 Å². The van der Waals surface area contributed by atoms with E-state index in [1.165, 1.54) is 0 Å². The summed E-state index contributed by atoms with van der Waals surface area (Å²) < 4.78 is 0. The fourth-order valence-corrected chi connectivity index (χ4v) is 2.15. The predicted molar refractivity (Wildman–Crippen MR) is 75.7 cm³/mol. The third-order valence-corrected chi connectivity index (χ3v) is 3.39. The molecule has 1 rings (SSSR count). The number of carbonyl (C=O) groups is 2. The van der Waals surface area contributed by atoms with Gasteiger partial charge in [-0.05, 0) is 44.2 Å². The Morgan fingerprint density at radius 1 is 1.16 bits per heavy atom. The van der Waals surface area contributed by atoms with Crippen LogP contribution < -0.4 is 16.0 Å². The molecule has 0 aliphatic carbocycles. The molecular formula is C14H27N3O2. The van der Waals surface area contributed by atoms with E-state index in [0.29, 0.717) is 24.8 Å². The van der Waals surface area contributed by atoms with Crippen molar-refractivity contribution in [3.8, 4) is 0 Å². The highest BCUT2D eigenvalue weighted by molar-refractivity contribution is 5.84. The Balaban J connectivity index is 2.05. The molecule has 0 saturated carbocycles. The average molecular weight is 269 g/mol. The van der Waals surface area contributed by atoms with Crippen molar-refractivity contribution in [2.45, 2.75) is 39.5 Å². The van der Waals surface area contributed by atoms with Crippen molar-refractivity contribution in [3.63, 3.8) is 0 Å².